The SMILES string of the molecule is C=C1NC(c2c(F)cc(OC)cc2F)=C(c2ccccc2)CC1Cl.CC. The second kappa shape index (κ2) is 8.86. The Balaban J connectivity index is 0.00000117. The van der Waals surface area contributed by atoms with E-state index < -0.39 is 11.6 Å². The van der Waals surface area contributed by atoms with Crippen molar-refractivity contribution in [2.45, 2.75) is 25.6 Å². The first-order valence-corrected chi connectivity index (χ1v) is 8.86. The Bertz CT molecular complexity index is 795. The fourth-order valence-electron chi connectivity index (χ4n) is 2.74. The van der Waals surface area contributed by atoms with Crippen molar-refractivity contribution in [3.8, 4) is 5.75 Å². The number of benzene rings is 2. The highest BCUT2D eigenvalue weighted by molar-refractivity contribution is 6.23. The highest BCUT2D eigenvalue weighted by atomic mass is 35.5. The van der Waals surface area contributed by atoms with Crippen LogP contribution >= 0.6 is 11.6 Å². The molecule has 1 atom stereocenters. The van der Waals surface area contributed by atoms with Crippen LogP contribution in [0.2, 0.25) is 0 Å². The summed E-state index contributed by atoms with van der Waals surface area (Å²) >= 11 is 6.29. The maximum atomic E-state index is 14.5. The maximum Gasteiger partial charge on any atom is 0.139 e. The number of rotatable bonds is 3. The van der Waals surface area contributed by atoms with Crippen molar-refractivity contribution in [3.63, 3.8) is 0 Å². The van der Waals surface area contributed by atoms with Crippen LogP contribution in [-0.4, -0.2) is 12.5 Å². The Morgan fingerprint density at radius 1 is 1.12 bits per heavy atom. The number of allylic oxidation sites excluding steroid dienone is 2. The van der Waals surface area contributed by atoms with Crippen LogP contribution in [0.3, 0.4) is 0 Å². The van der Waals surface area contributed by atoms with Crippen LogP contribution in [0.5, 0.6) is 5.75 Å². The zero-order chi connectivity index (χ0) is 19.3. The summed E-state index contributed by atoms with van der Waals surface area (Å²) in [7, 11) is 1.36. The molecule has 26 heavy (non-hydrogen) atoms. The molecular formula is C21H22ClF2NO. The van der Waals surface area contributed by atoms with Gasteiger partial charge >= 0.3 is 0 Å². The molecule has 0 saturated heterocycles. The summed E-state index contributed by atoms with van der Waals surface area (Å²) in [5.41, 5.74) is 2.32. The number of nitrogens with one attached hydrogen (secondary N) is 1. The lowest BCUT2D eigenvalue weighted by Gasteiger charge is -2.28. The minimum Gasteiger partial charge on any atom is -0.497 e. The van der Waals surface area contributed by atoms with Crippen molar-refractivity contribution in [1.29, 1.82) is 0 Å². The van der Waals surface area contributed by atoms with E-state index in [2.05, 4.69) is 11.9 Å². The summed E-state index contributed by atoms with van der Waals surface area (Å²) in [6, 6.07) is 11.7. The number of hydrogen-bond acceptors (Lipinski definition) is 2. The van der Waals surface area contributed by atoms with E-state index in [4.69, 9.17) is 16.3 Å². The van der Waals surface area contributed by atoms with Crippen LogP contribution in [0.4, 0.5) is 8.78 Å². The second-order valence-electron chi connectivity index (χ2n) is 5.51. The quantitative estimate of drug-likeness (QED) is 0.664. The average molecular weight is 378 g/mol. The standard InChI is InChI=1S/C19H16ClF2NO.C2H6/c1-11-15(20)10-14(12-6-4-3-5-7-12)19(23-11)18-16(21)8-13(24-2)9-17(18)22;1-2/h3-9,15,23H,1,10H2,2H3;1-2H3. The van der Waals surface area contributed by atoms with E-state index in [1.807, 2.05) is 44.2 Å². The first kappa shape index (κ1) is 20.0. The summed E-state index contributed by atoms with van der Waals surface area (Å²) in [6.45, 7) is 7.85. The van der Waals surface area contributed by atoms with E-state index in [-0.39, 0.29) is 16.7 Å². The van der Waals surface area contributed by atoms with E-state index in [9.17, 15) is 8.78 Å². The molecule has 2 nitrogen and oxygen atoms in total. The minimum atomic E-state index is -0.705. The molecule has 0 bridgehead atoms. The van der Waals surface area contributed by atoms with Gasteiger partial charge in [0, 0.05) is 17.8 Å². The predicted molar refractivity (Wildman–Crippen MR) is 104 cm³/mol. The molecule has 2 aromatic rings. The van der Waals surface area contributed by atoms with Gasteiger partial charge < -0.3 is 10.1 Å². The molecule has 0 aliphatic carbocycles. The fraction of sp³-hybridized carbons (Fsp3) is 0.238. The third-order valence-electron chi connectivity index (χ3n) is 3.97. The summed E-state index contributed by atoms with van der Waals surface area (Å²) < 4.78 is 34.0. The Hall–Kier alpha value is -2.33. The van der Waals surface area contributed by atoms with Gasteiger partial charge in [0.2, 0.25) is 0 Å². The van der Waals surface area contributed by atoms with Crippen LogP contribution in [0.25, 0.3) is 11.3 Å². The van der Waals surface area contributed by atoms with Crippen LogP contribution in [-0.2, 0) is 0 Å². The van der Waals surface area contributed by atoms with Crippen LogP contribution in [0.15, 0.2) is 54.7 Å². The second-order valence-corrected chi connectivity index (χ2v) is 6.03. The summed E-state index contributed by atoms with van der Waals surface area (Å²) in [4.78, 5) is 0. The molecule has 1 heterocycles. The topological polar surface area (TPSA) is 21.3 Å². The van der Waals surface area contributed by atoms with Gasteiger partial charge in [-0.3, -0.25) is 0 Å². The molecule has 0 aromatic heterocycles. The van der Waals surface area contributed by atoms with Gasteiger partial charge in [0.15, 0.2) is 0 Å². The Morgan fingerprint density at radius 2 is 1.69 bits per heavy atom. The van der Waals surface area contributed by atoms with Gasteiger partial charge in [-0.1, -0.05) is 50.8 Å². The molecule has 0 radical (unpaired) electrons. The Morgan fingerprint density at radius 3 is 2.23 bits per heavy atom. The zero-order valence-corrected chi connectivity index (χ0v) is 15.8. The van der Waals surface area contributed by atoms with Gasteiger partial charge in [-0.25, -0.2) is 8.78 Å². The van der Waals surface area contributed by atoms with Crippen molar-refractivity contribution in [2.24, 2.45) is 0 Å². The van der Waals surface area contributed by atoms with Gasteiger partial charge in [-0.15, -0.1) is 11.6 Å². The Labute approximate surface area is 158 Å². The summed E-state index contributed by atoms with van der Waals surface area (Å²) in [5.74, 6) is -1.28. The fourth-order valence-corrected chi connectivity index (χ4v) is 2.95. The molecule has 0 saturated carbocycles. The number of ether oxygens (including phenoxy) is 1. The lowest BCUT2D eigenvalue weighted by molar-refractivity contribution is 0.406. The van der Waals surface area contributed by atoms with Crippen LogP contribution in [0, 0.1) is 11.6 Å². The highest BCUT2D eigenvalue weighted by Crippen LogP contribution is 2.38. The molecule has 1 aliphatic heterocycles. The van der Waals surface area contributed by atoms with Crippen molar-refractivity contribution in [3.05, 3.63) is 77.5 Å². The number of halogens is 3. The molecule has 5 heteroatoms. The first-order valence-electron chi connectivity index (χ1n) is 8.43. The molecule has 138 valence electrons. The zero-order valence-electron chi connectivity index (χ0n) is 15.1. The van der Waals surface area contributed by atoms with Gasteiger partial charge in [0.05, 0.1) is 23.7 Å². The molecule has 0 spiro atoms. The third kappa shape index (κ3) is 4.07. The van der Waals surface area contributed by atoms with E-state index >= 15 is 0 Å². The minimum absolute atomic E-state index is 0.125. The predicted octanol–water partition coefficient (Wildman–Crippen LogP) is 5.98. The molecule has 0 fully saturated rings. The van der Waals surface area contributed by atoms with Gasteiger partial charge in [-0.05, 0) is 17.6 Å². The van der Waals surface area contributed by atoms with Crippen molar-refractivity contribution in [1.82, 2.24) is 5.32 Å². The normalized spacial score (nSPS) is 16.5. The van der Waals surface area contributed by atoms with E-state index in [0.29, 0.717) is 17.8 Å². The van der Waals surface area contributed by atoms with Gasteiger partial charge in [-0.2, -0.15) is 0 Å². The molecule has 2 aromatic carbocycles. The molecular weight excluding hydrogens is 356 g/mol. The van der Waals surface area contributed by atoms with Gasteiger partial charge in [0.25, 0.3) is 0 Å². The van der Waals surface area contributed by atoms with E-state index in [1.165, 1.54) is 7.11 Å². The van der Waals surface area contributed by atoms with Crippen LogP contribution < -0.4 is 10.1 Å². The lowest BCUT2D eigenvalue weighted by atomic mass is 9.91. The number of methoxy groups -OCH3 is 1. The van der Waals surface area contributed by atoms with Crippen LogP contribution in [0.1, 0.15) is 31.4 Å². The van der Waals surface area contributed by atoms with E-state index in [1.54, 1.807) is 0 Å². The molecule has 1 N–H and O–H groups in total. The van der Waals surface area contributed by atoms with Crippen molar-refractivity contribution in [2.75, 3.05) is 7.11 Å². The molecule has 1 unspecified atom stereocenters. The highest BCUT2D eigenvalue weighted by Gasteiger charge is 2.27. The largest absolute Gasteiger partial charge is 0.497 e. The van der Waals surface area contributed by atoms with Crippen molar-refractivity contribution >= 4 is 22.9 Å². The van der Waals surface area contributed by atoms with E-state index in [0.717, 1.165) is 23.3 Å². The van der Waals surface area contributed by atoms with Crippen molar-refractivity contribution < 1.29 is 13.5 Å². The molecule has 3 rings (SSSR count). The average Bonchev–Trinajstić information content (AvgIpc) is 2.66. The summed E-state index contributed by atoms with van der Waals surface area (Å²) in [6.07, 6.45) is 0.428. The lowest BCUT2D eigenvalue weighted by Crippen LogP contribution is -2.26. The smallest absolute Gasteiger partial charge is 0.139 e. The first-order chi connectivity index (χ1) is 12.5. The maximum absolute atomic E-state index is 14.5. The summed E-state index contributed by atoms with van der Waals surface area (Å²) in [5, 5.41) is 2.63. The number of alkyl halides is 1. The molecule has 0 amide bonds. The number of hydrogen-bond donors (Lipinski definition) is 1. The van der Waals surface area contributed by atoms with Gasteiger partial charge in [0.1, 0.15) is 17.4 Å². The monoisotopic (exact) mass is 377 g/mol. The third-order valence-corrected chi connectivity index (χ3v) is 4.39. The Kier molecular flexibility index (Phi) is 6.81. The molecule has 1 aliphatic rings.